The van der Waals surface area contributed by atoms with Gasteiger partial charge in [0.1, 0.15) is 0 Å². The Morgan fingerprint density at radius 2 is 1.90 bits per heavy atom. The minimum Gasteiger partial charge on any atom is -0.310 e. The van der Waals surface area contributed by atoms with Gasteiger partial charge >= 0.3 is 6.18 Å². The summed E-state index contributed by atoms with van der Waals surface area (Å²) in [5.74, 6) is -1.14. The highest BCUT2D eigenvalue weighted by atomic mass is 19.4. The Bertz CT molecular complexity index is 483. The van der Waals surface area contributed by atoms with Gasteiger partial charge in [0.15, 0.2) is 0 Å². The van der Waals surface area contributed by atoms with E-state index in [4.69, 9.17) is 5.26 Å². The molecule has 1 aliphatic rings. The molecule has 0 aromatic heterocycles. The van der Waals surface area contributed by atoms with Gasteiger partial charge in [-0.25, -0.2) is 0 Å². The second-order valence-electron chi connectivity index (χ2n) is 5.28. The highest BCUT2D eigenvalue weighted by Crippen LogP contribution is 2.37. The van der Waals surface area contributed by atoms with Crippen LogP contribution in [0.3, 0.4) is 0 Å². The minimum atomic E-state index is -4.05. The van der Waals surface area contributed by atoms with E-state index in [0.29, 0.717) is 24.9 Å². The molecule has 1 aromatic rings. The fraction of sp³-hybridized carbons (Fsp3) is 0.533. The molecule has 1 aliphatic carbocycles. The molecule has 0 bridgehead atoms. The quantitative estimate of drug-likeness (QED) is 0.916. The number of nitrogens with one attached hydrogen (secondary N) is 1. The Morgan fingerprint density at radius 1 is 1.20 bits per heavy atom. The van der Waals surface area contributed by atoms with Crippen LogP contribution in [0.25, 0.3) is 0 Å². The molecule has 2 rings (SSSR count). The highest BCUT2D eigenvalue weighted by Gasteiger charge is 2.41. The van der Waals surface area contributed by atoms with Crippen molar-refractivity contribution in [2.75, 3.05) is 0 Å². The molecule has 0 radical (unpaired) electrons. The third-order valence-corrected chi connectivity index (χ3v) is 3.84. The van der Waals surface area contributed by atoms with Gasteiger partial charge in [-0.15, -0.1) is 0 Å². The molecule has 1 aromatic carbocycles. The lowest BCUT2D eigenvalue weighted by Gasteiger charge is -2.30. The molecule has 1 saturated carbocycles. The molecule has 0 saturated heterocycles. The first-order chi connectivity index (χ1) is 9.49. The van der Waals surface area contributed by atoms with Crippen molar-refractivity contribution in [1.29, 1.82) is 5.26 Å². The Kier molecular flexibility index (Phi) is 4.66. The molecule has 1 N–H and O–H groups in total. The molecule has 0 unspecified atom stereocenters. The SMILES string of the molecule is N#Cc1cccc(CNC2CCC(C(F)(F)F)CC2)c1. The first-order valence-electron chi connectivity index (χ1n) is 6.78. The zero-order valence-corrected chi connectivity index (χ0v) is 11.1. The van der Waals surface area contributed by atoms with E-state index < -0.39 is 12.1 Å². The van der Waals surface area contributed by atoms with Crippen LogP contribution in [-0.4, -0.2) is 12.2 Å². The van der Waals surface area contributed by atoms with Gasteiger partial charge in [-0.2, -0.15) is 18.4 Å². The zero-order chi connectivity index (χ0) is 14.6. The van der Waals surface area contributed by atoms with Crippen molar-refractivity contribution in [3.8, 4) is 6.07 Å². The number of hydrogen-bond acceptors (Lipinski definition) is 2. The fourth-order valence-corrected chi connectivity index (χ4v) is 2.64. The number of rotatable bonds is 3. The standard InChI is InChI=1S/C15H17F3N2/c16-15(17,18)13-4-6-14(7-5-13)20-10-12-3-1-2-11(8-12)9-19/h1-3,8,13-14,20H,4-7,10H2. The van der Waals surface area contributed by atoms with E-state index in [-0.39, 0.29) is 18.9 Å². The van der Waals surface area contributed by atoms with Crippen molar-refractivity contribution < 1.29 is 13.2 Å². The van der Waals surface area contributed by atoms with Gasteiger partial charge in [0, 0.05) is 12.6 Å². The first kappa shape index (κ1) is 14.9. The Labute approximate surface area is 116 Å². The predicted octanol–water partition coefficient (Wildman–Crippen LogP) is 3.77. The number of alkyl halides is 3. The summed E-state index contributed by atoms with van der Waals surface area (Å²) in [5, 5.41) is 12.1. The third-order valence-electron chi connectivity index (χ3n) is 3.84. The van der Waals surface area contributed by atoms with Crippen LogP contribution in [-0.2, 0) is 6.54 Å². The van der Waals surface area contributed by atoms with E-state index in [1.807, 2.05) is 12.1 Å². The summed E-state index contributed by atoms with van der Waals surface area (Å²) in [6.07, 6.45) is -2.52. The Morgan fingerprint density at radius 3 is 2.50 bits per heavy atom. The molecule has 0 atom stereocenters. The molecule has 1 fully saturated rings. The van der Waals surface area contributed by atoms with E-state index in [1.54, 1.807) is 12.1 Å². The van der Waals surface area contributed by atoms with Crippen LogP contribution in [0.2, 0.25) is 0 Å². The molecule has 0 aliphatic heterocycles. The van der Waals surface area contributed by atoms with E-state index in [0.717, 1.165) is 5.56 Å². The van der Waals surface area contributed by atoms with Crippen molar-refractivity contribution in [2.45, 2.75) is 44.4 Å². The average Bonchev–Trinajstić information content (AvgIpc) is 2.45. The van der Waals surface area contributed by atoms with Crippen molar-refractivity contribution in [1.82, 2.24) is 5.32 Å². The predicted molar refractivity (Wildman–Crippen MR) is 69.8 cm³/mol. The molecular weight excluding hydrogens is 265 g/mol. The zero-order valence-electron chi connectivity index (χ0n) is 11.1. The van der Waals surface area contributed by atoms with Crippen molar-refractivity contribution in [3.63, 3.8) is 0 Å². The van der Waals surface area contributed by atoms with Gasteiger partial charge in [0.25, 0.3) is 0 Å². The Hall–Kier alpha value is -1.54. The summed E-state index contributed by atoms with van der Waals surface area (Å²) in [6.45, 7) is 0.594. The van der Waals surface area contributed by atoms with E-state index >= 15 is 0 Å². The lowest BCUT2D eigenvalue weighted by molar-refractivity contribution is -0.182. The lowest BCUT2D eigenvalue weighted by Crippen LogP contribution is -2.36. The second-order valence-corrected chi connectivity index (χ2v) is 5.28. The molecule has 0 amide bonds. The van der Waals surface area contributed by atoms with Crippen LogP contribution >= 0.6 is 0 Å². The first-order valence-corrected chi connectivity index (χ1v) is 6.78. The maximum atomic E-state index is 12.6. The number of halogens is 3. The van der Waals surface area contributed by atoms with E-state index in [2.05, 4.69) is 11.4 Å². The lowest BCUT2D eigenvalue weighted by atomic mass is 9.85. The van der Waals surface area contributed by atoms with Gasteiger partial charge in [-0.1, -0.05) is 12.1 Å². The van der Waals surface area contributed by atoms with Crippen LogP contribution in [0.4, 0.5) is 13.2 Å². The van der Waals surface area contributed by atoms with Crippen LogP contribution in [0.5, 0.6) is 0 Å². The normalized spacial score (nSPS) is 23.3. The molecule has 108 valence electrons. The smallest absolute Gasteiger partial charge is 0.310 e. The monoisotopic (exact) mass is 282 g/mol. The summed E-state index contributed by atoms with van der Waals surface area (Å²) < 4.78 is 37.7. The number of benzene rings is 1. The van der Waals surface area contributed by atoms with Gasteiger partial charge < -0.3 is 5.32 Å². The average molecular weight is 282 g/mol. The van der Waals surface area contributed by atoms with Gasteiger partial charge in [-0.05, 0) is 43.4 Å². The molecule has 5 heteroatoms. The summed E-state index contributed by atoms with van der Waals surface area (Å²) in [4.78, 5) is 0. The maximum absolute atomic E-state index is 12.6. The van der Waals surface area contributed by atoms with Crippen LogP contribution in [0, 0.1) is 17.2 Å². The number of nitriles is 1. The van der Waals surface area contributed by atoms with Crippen LogP contribution in [0.1, 0.15) is 36.8 Å². The van der Waals surface area contributed by atoms with Gasteiger partial charge in [0.2, 0.25) is 0 Å². The van der Waals surface area contributed by atoms with Gasteiger partial charge in [-0.3, -0.25) is 0 Å². The molecule has 0 heterocycles. The van der Waals surface area contributed by atoms with E-state index in [1.165, 1.54) is 0 Å². The molecule has 20 heavy (non-hydrogen) atoms. The second kappa shape index (κ2) is 6.27. The maximum Gasteiger partial charge on any atom is 0.391 e. The van der Waals surface area contributed by atoms with Crippen molar-refractivity contribution in [3.05, 3.63) is 35.4 Å². The molecule has 2 nitrogen and oxygen atoms in total. The minimum absolute atomic E-state index is 0.138. The molecule has 0 spiro atoms. The van der Waals surface area contributed by atoms with Crippen LogP contribution < -0.4 is 5.32 Å². The fourth-order valence-electron chi connectivity index (χ4n) is 2.64. The van der Waals surface area contributed by atoms with Gasteiger partial charge in [0.05, 0.1) is 17.6 Å². The Balaban J connectivity index is 1.80. The highest BCUT2D eigenvalue weighted by molar-refractivity contribution is 5.32. The summed E-state index contributed by atoms with van der Waals surface area (Å²) in [5.41, 5.74) is 1.59. The summed E-state index contributed by atoms with van der Waals surface area (Å²) in [6, 6.07) is 9.47. The molecular formula is C15H17F3N2. The van der Waals surface area contributed by atoms with Crippen LogP contribution in [0.15, 0.2) is 24.3 Å². The number of hydrogen-bond donors (Lipinski definition) is 1. The van der Waals surface area contributed by atoms with Crippen molar-refractivity contribution in [2.24, 2.45) is 5.92 Å². The third kappa shape index (κ3) is 3.97. The van der Waals surface area contributed by atoms with Crippen molar-refractivity contribution >= 4 is 0 Å². The van der Waals surface area contributed by atoms with E-state index in [9.17, 15) is 13.2 Å². The topological polar surface area (TPSA) is 35.8 Å². The largest absolute Gasteiger partial charge is 0.391 e. The number of nitrogens with zero attached hydrogens (tertiary/aromatic N) is 1. The summed E-state index contributed by atoms with van der Waals surface area (Å²) >= 11 is 0. The summed E-state index contributed by atoms with van der Waals surface area (Å²) in [7, 11) is 0.